The van der Waals surface area contributed by atoms with Crippen molar-refractivity contribution in [2.24, 2.45) is 0 Å². The molecule has 2 atom stereocenters. The summed E-state index contributed by atoms with van der Waals surface area (Å²) in [6.45, 7) is 4.14. The fourth-order valence-electron chi connectivity index (χ4n) is 3.83. The maximum Gasteiger partial charge on any atom is 0.362 e. The summed E-state index contributed by atoms with van der Waals surface area (Å²) in [5.41, 5.74) is 0. The molecule has 0 heterocycles. The highest BCUT2D eigenvalue weighted by Crippen LogP contribution is 2.13. The van der Waals surface area contributed by atoms with Crippen LogP contribution in [0.4, 0.5) is 0 Å². The van der Waals surface area contributed by atoms with Gasteiger partial charge in [0.2, 0.25) is 0 Å². The third-order valence-corrected chi connectivity index (χ3v) is 6.06. The molecule has 0 amide bonds. The Morgan fingerprint density at radius 1 is 0.771 bits per heavy atom. The minimum absolute atomic E-state index is 0.0600. The van der Waals surface area contributed by atoms with E-state index in [1.54, 1.807) is 6.92 Å². The van der Waals surface area contributed by atoms with Gasteiger partial charge in [0.15, 0.2) is 12.1 Å². The van der Waals surface area contributed by atoms with Gasteiger partial charge in [0, 0.05) is 19.3 Å². The van der Waals surface area contributed by atoms with Crippen molar-refractivity contribution in [2.45, 2.75) is 116 Å². The van der Waals surface area contributed by atoms with Crippen LogP contribution in [0.5, 0.6) is 0 Å². The van der Waals surface area contributed by atoms with Gasteiger partial charge in [-0.3, -0.25) is 9.59 Å². The number of carboxylic acids is 1. The highest BCUT2D eigenvalue weighted by molar-refractivity contribution is 5.72. The molecule has 35 heavy (non-hydrogen) atoms. The maximum atomic E-state index is 12.3. The average Bonchev–Trinajstić information content (AvgIpc) is 2.79. The van der Waals surface area contributed by atoms with E-state index in [0.717, 1.165) is 19.3 Å². The lowest BCUT2D eigenvalue weighted by Crippen LogP contribution is -2.50. The molecule has 0 aliphatic rings. The Bertz CT molecular complexity index is 574. The van der Waals surface area contributed by atoms with Crippen LogP contribution in [-0.4, -0.2) is 80.6 Å². The number of nitrogens with zero attached hydrogens (tertiary/aromatic N) is 1. The van der Waals surface area contributed by atoms with Gasteiger partial charge < -0.3 is 23.8 Å². The van der Waals surface area contributed by atoms with Crippen LogP contribution in [0.15, 0.2) is 0 Å². The quantitative estimate of drug-likeness (QED) is 0.118. The zero-order valence-electron chi connectivity index (χ0n) is 23.0. The molecule has 8 nitrogen and oxygen atoms in total. The SMILES string of the molecule is CCCCCCCCCCCCCC(=O)OC(COCCC(C(=O)O)[N+](C)(C)C)COC(=O)CC. The minimum atomic E-state index is -0.882. The summed E-state index contributed by atoms with van der Waals surface area (Å²) in [4.78, 5) is 35.3. The van der Waals surface area contributed by atoms with Crippen molar-refractivity contribution in [3.8, 4) is 0 Å². The number of carbonyl (C=O) groups excluding carboxylic acids is 2. The van der Waals surface area contributed by atoms with Crippen LogP contribution in [0, 0.1) is 0 Å². The lowest BCUT2D eigenvalue weighted by molar-refractivity contribution is -0.887. The largest absolute Gasteiger partial charge is 0.477 e. The summed E-state index contributed by atoms with van der Waals surface area (Å²) in [7, 11) is 5.46. The maximum absolute atomic E-state index is 12.3. The fourth-order valence-corrected chi connectivity index (χ4v) is 3.83. The molecule has 0 aromatic heterocycles. The van der Waals surface area contributed by atoms with Crippen LogP contribution in [0.1, 0.15) is 104 Å². The number of esters is 2. The highest BCUT2D eigenvalue weighted by atomic mass is 16.6. The molecule has 8 heteroatoms. The number of likely N-dealkylation sites (N-methyl/N-ethyl adjacent to an activating group) is 1. The fraction of sp³-hybridized carbons (Fsp3) is 0.889. The monoisotopic (exact) mass is 502 g/mol. The first-order valence-corrected chi connectivity index (χ1v) is 13.6. The van der Waals surface area contributed by atoms with E-state index in [0.29, 0.717) is 12.8 Å². The van der Waals surface area contributed by atoms with Gasteiger partial charge in [-0.2, -0.15) is 0 Å². The lowest BCUT2D eigenvalue weighted by atomic mass is 10.1. The van der Waals surface area contributed by atoms with Gasteiger partial charge in [0.25, 0.3) is 0 Å². The molecular formula is C27H52NO7+. The molecule has 0 aromatic rings. The summed E-state index contributed by atoms with van der Waals surface area (Å²) in [5, 5.41) is 9.41. The molecule has 0 rings (SSSR count). The number of hydrogen-bond donors (Lipinski definition) is 1. The molecule has 0 aliphatic heterocycles. The van der Waals surface area contributed by atoms with Crippen LogP contribution < -0.4 is 0 Å². The van der Waals surface area contributed by atoms with E-state index < -0.39 is 18.1 Å². The molecule has 0 spiro atoms. The normalized spacial score (nSPS) is 13.3. The predicted molar refractivity (Wildman–Crippen MR) is 137 cm³/mol. The Labute approximate surface area is 213 Å². The highest BCUT2D eigenvalue weighted by Gasteiger charge is 2.31. The van der Waals surface area contributed by atoms with Crippen molar-refractivity contribution in [3.63, 3.8) is 0 Å². The lowest BCUT2D eigenvalue weighted by Gasteiger charge is -2.31. The van der Waals surface area contributed by atoms with Crippen molar-refractivity contribution in [1.29, 1.82) is 0 Å². The summed E-state index contributed by atoms with van der Waals surface area (Å²) < 4.78 is 16.5. The Morgan fingerprint density at radius 2 is 1.31 bits per heavy atom. The average molecular weight is 503 g/mol. The minimum Gasteiger partial charge on any atom is -0.477 e. The van der Waals surface area contributed by atoms with Crippen molar-refractivity contribution < 1.29 is 38.2 Å². The van der Waals surface area contributed by atoms with Crippen LogP contribution in [-0.2, 0) is 28.6 Å². The first-order chi connectivity index (χ1) is 16.6. The second-order valence-corrected chi connectivity index (χ2v) is 10.3. The smallest absolute Gasteiger partial charge is 0.362 e. The van der Waals surface area contributed by atoms with Crippen molar-refractivity contribution in [3.05, 3.63) is 0 Å². The van der Waals surface area contributed by atoms with E-state index in [4.69, 9.17) is 14.2 Å². The van der Waals surface area contributed by atoms with Gasteiger partial charge in [-0.15, -0.1) is 0 Å². The van der Waals surface area contributed by atoms with E-state index in [1.165, 1.54) is 51.4 Å². The molecule has 0 saturated heterocycles. The van der Waals surface area contributed by atoms with Crippen LogP contribution in [0.3, 0.4) is 0 Å². The third kappa shape index (κ3) is 19.2. The number of ether oxygens (including phenoxy) is 3. The zero-order chi connectivity index (χ0) is 26.5. The van der Waals surface area contributed by atoms with Crippen LogP contribution in [0.2, 0.25) is 0 Å². The molecule has 0 radical (unpaired) electrons. The summed E-state index contributed by atoms with van der Waals surface area (Å²) in [6, 6.07) is -0.602. The molecule has 206 valence electrons. The molecule has 0 aliphatic carbocycles. The van der Waals surface area contributed by atoms with Crippen LogP contribution in [0.25, 0.3) is 0 Å². The van der Waals surface area contributed by atoms with E-state index >= 15 is 0 Å². The van der Waals surface area contributed by atoms with Crippen LogP contribution >= 0.6 is 0 Å². The number of aliphatic carboxylic acids is 1. The van der Waals surface area contributed by atoms with Gasteiger partial charge in [-0.05, 0) is 6.42 Å². The molecule has 0 saturated carbocycles. The van der Waals surface area contributed by atoms with Gasteiger partial charge >= 0.3 is 17.9 Å². The van der Waals surface area contributed by atoms with Gasteiger partial charge in [0.1, 0.15) is 6.61 Å². The number of carboxylic acid groups (broad SMARTS) is 1. The first kappa shape index (κ1) is 33.3. The Morgan fingerprint density at radius 3 is 1.80 bits per heavy atom. The third-order valence-electron chi connectivity index (χ3n) is 6.06. The van der Waals surface area contributed by atoms with Crippen molar-refractivity contribution >= 4 is 17.9 Å². The predicted octanol–water partition coefficient (Wildman–Crippen LogP) is 5.12. The Kier molecular flexibility index (Phi) is 19.5. The topological polar surface area (TPSA) is 99.1 Å². The molecule has 2 unspecified atom stereocenters. The Hall–Kier alpha value is -1.67. The number of quaternary nitrogens is 1. The van der Waals surface area contributed by atoms with E-state index in [-0.39, 0.29) is 42.7 Å². The van der Waals surface area contributed by atoms with E-state index in [9.17, 15) is 19.5 Å². The van der Waals surface area contributed by atoms with Crippen molar-refractivity contribution in [1.82, 2.24) is 0 Å². The molecule has 0 bridgehead atoms. The molecule has 0 fully saturated rings. The second-order valence-electron chi connectivity index (χ2n) is 10.3. The summed E-state index contributed by atoms with van der Waals surface area (Å²) in [5.74, 6) is -1.57. The standard InChI is InChI=1S/C27H51NO7/c1-6-8-9-10-11-12-13-14-15-16-17-18-26(30)35-23(22-34-25(29)7-2)21-33-20-19-24(27(31)32)28(3,4)5/h23-24H,6-22H2,1-5H3/p+1. The number of hydrogen-bond acceptors (Lipinski definition) is 6. The van der Waals surface area contributed by atoms with Gasteiger partial charge in [-0.25, -0.2) is 4.79 Å². The summed E-state index contributed by atoms with van der Waals surface area (Å²) >= 11 is 0. The Balaban J connectivity index is 4.22. The van der Waals surface area contributed by atoms with Gasteiger partial charge in [-0.1, -0.05) is 78.1 Å². The molecule has 1 N–H and O–H groups in total. The second kappa shape index (κ2) is 20.5. The number of carbonyl (C=O) groups is 3. The molecular weight excluding hydrogens is 450 g/mol. The van der Waals surface area contributed by atoms with E-state index in [2.05, 4.69) is 6.92 Å². The first-order valence-electron chi connectivity index (χ1n) is 13.6. The number of unbranched alkanes of at least 4 members (excludes halogenated alkanes) is 10. The van der Waals surface area contributed by atoms with Gasteiger partial charge in [0.05, 0.1) is 34.4 Å². The van der Waals surface area contributed by atoms with E-state index in [1.807, 2.05) is 21.1 Å². The summed E-state index contributed by atoms with van der Waals surface area (Å²) in [6.07, 6.45) is 13.5. The zero-order valence-corrected chi connectivity index (χ0v) is 23.0. The number of rotatable bonds is 23. The van der Waals surface area contributed by atoms with Crippen molar-refractivity contribution in [2.75, 3.05) is 41.0 Å². The molecule has 0 aromatic carbocycles.